The van der Waals surface area contributed by atoms with Gasteiger partial charge in [-0.1, -0.05) is 53.2 Å². The molecule has 0 aromatic rings. The zero-order chi connectivity index (χ0) is 50.0. The maximum atomic E-state index is 15.0. The van der Waals surface area contributed by atoms with Crippen molar-refractivity contribution in [3.05, 3.63) is 11.6 Å². The average molecular weight is 975 g/mol. The first-order valence-corrected chi connectivity index (χ1v) is 24.6. The van der Waals surface area contributed by atoms with Crippen molar-refractivity contribution >= 4 is 5.97 Å². The van der Waals surface area contributed by atoms with Gasteiger partial charge in [-0.3, -0.25) is 4.79 Å². The van der Waals surface area contributed by atoms with Crippen LogP contribution in [0.25, 0.3) is 0 Å². The van der Waals surface area contributed by atoms with E-state index in [1.54, 1.807) is 6.92 Å². The molecule has 7 fully saturated rings. The fourth-order valence-corrected chi connectivity index (χ4v) is 15.4. The second-order valence-corrected chi connectivity index (χ2v) is 23.1. The van der Waals surface area contributed by atoms with Crippen LogP contribution >= 0.6 is 0 Å². The molecule has 0 amide bonds. The minimum absolute atomic E-state index is 0.0115. The van der Waals surface area contributed by atoms with Gasteiger partial charge in [-0.25, -0.2) is 0 Å². The molecule has 0 radical (unpaired) electrons. The first kappa shape index (κ1) is 52.8. The van der Waals surface area contributed by atoms with Crippen molar-refractivity contribution < 1.29 is 99.6 Å². The fraction of sp³-hybridized carbons (Fsp3) is 0.938. The number of carbonyl (C=O) groups excluding carboxylic acids is 1. The highest BCUT2D eigenvalue weighted by Crippen LogP contribution is 2.76. The minimum atomic E-state index is -1.89. The van der Waals surface area contributed by atoms with Gasteiger partial charge in [0.15, 0.2) is 12.6 Å². The molecular formula is C48H78O20. The molecule has 5 aliphatic carbocycles. The van der Waals surface area contributed by atoms with Crippen molar-refractivity contribution in [2.45, 2.75) is 204 Å². The average Bonchev–Trinajstić information content (AvgIpc) is 3.29. The van der Waals surface area contributed by atoms with E-state index in [0.29, 0.717) is 38.5 Å². The van der Waals surface area contributed by atoms with E-state index in [2.05, 4.69) is 40.7 Å². The summed E-state index contributed by atoms with van der Waals surface area (Å²) >= 11 is 0. The van der Waals surface area contributed by atoms with Crippen LogP contribution in [-0.2, 0) is 33.2 Å². The van der Waals surface area contributed by atoms with E-state index >= 15 is 4.79 Å². The van der Waals surface area contributed by atoms with E-state index in [0.717, 1.165) is 5.57 Å². The van der Waals surface area contributed by atoms with E-state index in [-0.39, 0.29) is 30.1 Å². The van der Waals surface area contributed by atoms with Crippen LogP contribution in [0.2, 0.25) is 0 Å². The van der Waals surface area contributed by atoms with Crippen molar-refractivity contribution in [1.82, 2.24) is 0 Å². The van der Waals surface area contributed by atoms with E-state index in [1.807, 2.05) is 0 Å². The van der Waals surface area contributed by atoms with E-state index in [9.17, 15) is 66.4 Å². The van der Waals surface area contributed by atoms with Crippen LogP contribution in [0.5, 0.6) is 0 Å². The molecule has 390 valence electrons. The Hall–Kier alpha value is -1.51. The maximum Gasteiger partial charge on any atom is 0.315 e. The quantitative estimate of drug-likeness (QED) is 0.0873. The second-order valence-electron chi connectivity index (χ2n) is 23.1. The summed E-state index contributed by atoms with van der Waals surface area (Å²) in [5.41, 5.74) is -2.84. The first-order valence-electron chi connectivity index (χ1n) is 24.6. The number of allylic oxidation sites excluding steroid dienone is 2. The van der Waals surface area contributed by atoms with Gasteiger partial charge < -0.3 is 94.8 Å². The SMILES string of the molecule is C[C@H]1[C@@H](C)CC[C@]2(C(=O)O[C@@H]3O[C@H](CO[C@@H]4O[C@H](CO)[C@@H](O[C@H]5O[C@@H](C)[C@H](O)[C@@H](O)[C@H]5O)[C@H](O)[C@H]4O)[C@@H](O)[C@H](O)[C@H]3O)CC[C@]3(C)C(=CC[C@@H]4[C@@]5(C)C[C@@H](O)[C@H](O)[C@@](C)(CO)[C@@H]5[C@H](O)C[C@]43C)[C@@H]12. The largest absolute Gasteiger partial charge is 0.432 e. The normalized spacial score (nSPS) is 57.1. The Morgan fingerprint density at radius 3 is 2.00 bits per heavy atom. The topological polar surface area (TPSA) is 335 Å². The van der Waals surface area contributed by atoms with Crippen molar-refractivity contribution in [3.63, 3.8) is 0 Å². The summed E-state index contributed by atoms with van der Waals surface area (Å²) in [6.07, 6.45) is -22.3. The number of aliphatic hydroxyl groups excluding tert-OH is 13. The molecule has 0 unspecified atom stereocenters. The molecule has 0 bridgehead atoms. The third-order valence-corrected chi connectivity index (χ3v) is 19.6. The lowest BCUT2D eigenvalue weighted by molar-refractivity contribution is -0.361. The van der Waals surface area contributed by atoms with Crippen molar-refractivity contribution in [3.8, 4) is 0 Å². The van der Waals surface area contributed by atoms with Crippen LogP contribution in [-0.4, -0.2) is 203 Å². The van der Waals surface area contributed by atoms with Gasteiger partial charge in [0, 0.05) is 11.3 Å². The lowest BCUT2D eigenvalue weighted by Gasteiger charge is -2.72. The maximum absolute atomic E-state index is 15.0. The highest BCUT2D eigenvalue weighted by atomic mass is 16.8. The fourth-order valence-electron chi connectivity index (χ4n) is 15.4. The highest BCUT2D eigenvalue weighted by Gasteiger charge is 2.73. The Bertz CT molecular complexity index is 1860. The molecule has 8 aliphatic rings. The number of hydrogen-bond acceptors (Lipinski definition) is 20. The highest BCUT2D eigenvalue weighted by molar-refractivity contribution is 5.79. The van der Waals surface area contributed by atoms with Gasteiger partial charge in [-0.15, -0.1) is 0 Å². The molecule has 0 aromatic heterocycles. The van der Waals surface area contributed by atoms with E-state index in [1.165, 1.54) is 6.92 Å². The molecule has 20 heteroatoms. The summed E-state index contributed by atoms with van der Waals surface area (Å²) in [7, 11) is 0. The van der Waals surface area contributed by atoms with Crippen molar-refractivity contribution in [2.75, 3.05) is 19.8 Å². The summed E-state index contributed by atoms with van der Waals surface area (Å²) in [6.45, 7) is 12.1. The van der Waals surface area contributed by atoms with Crippen LogP contribution in [0.15, 0.2) is 11.6 Å². The molecule has 0 spiro atoms. The zero-order valence-corrected chi connectivity index (χ0v) is 40.1. The van der Waals surface area contributed by atoms with E-state index < -0.39 is 169 Å². The molecule has 3 heterocycles. The number of rotatable bonds is 9. The van der Waals surface area contributed by atoms with Crippen molar-refractivity contribution in [1.29, 1.82) is 0 Å². The van der Waals surface area contributed by atoms with Gasteiger partial charge in [0.1, 0.15) is 67.1 Å². The molecule has 20 nitrogen and oxygen atoms in total. The lowest BCUT2D eigenvalue weighted by Crippen LogP contribution is -2.71. The summed E-state index contributed by atoms with van der Waals surface area (Å²) in [5, 5.41) is 142. The van der Waals surface area contributed by atoms with Gasteiger partial charge in [0.05, 0.1) is 49.7 Å². The standard InChI is InChI=1S/C48H78O20/c1-19-10-11-48(13-12-46(6)22(28(48)20(19)2)8-9-27-44(4)14-24(52)39(61)45(5,18-50)38(44)23(51)15-47(27,46)7)43(62)68-42-35(59)32(56)30(54)26(66-42)17-63-40-36(60)33(57)37(25(16-49)65-40)67-41-34(58)31(55)29(53)21(3)64-41/h8,19-21,23-42,49-61H,9-18H2,1-7H3/t19-,20-,21-,23+,24+,25+,26+,27+,28+,29-,30+,31+,32-,33+,34+,35+,36+,37+,38+,39-,40+,41+,42-,44+,45-,46+,47+,48-/m0/s1. The number of hydrogen-bond donors (Lipinski definition) is 13. The Morgan fingerprint density at radius 2 is 1.34 bits per heavy atom. The Kier molecular flexibility index (Phi) is 14.6. The molecule has 28 atom stereocenters. The molecule has 4 saturated carbocycles. The molecule has 0 aromatic carbocycles. The van der Waals surface area contributed by atoms with Crippen LogP contribution in [0.3, 0.4) is 0 Å². The van der Waals surface area contributed by atoms with Crippen LogP contribution in [0.1, 0.15) is 93.4 Å². The smallest absolute Gasteiger partial charge is 0.315 e. The number of esters is 1. The van der Waals surface area contributed by atoms with Gasteiger partial charge in [0.25, 0.3) is 0 Å². The third kappa shape index (κ3) is 7.89. The van der Waals surface area contributed by atoms with Crippen LogP contribution in [0.4, 0.5) is 0 Å². The third-order valence-electron chi connectivity index (χ3n) is 19.6. The second kappa shape index (κ2) is 18.8. The molecular weight excluding hydrogens is 897 g/mol. The van der Waals surface area contributed by atoms with Gasteiger partial charge in [-0.2, -0.15) is 0 Å². The number of ether oxygens (including phenoxy) is 6. The van der Waals surface area contributed by atoms with Crippen LogP contribution in [0, 0.1) is 56.7 Å². The Labute approximate surface area is 396 Å². The van der Waals surface area contributed by atoms with Gasteiger partial charge in [-0.05, 0) is 91.8 Å². The number of carbonyl (C=O) groups is 1. The minimum Gasteiger partial charge on any atom is -0.432 e. The lowest BCUT2D eigenvalue weighted by atomic mass is 9.32. The zero-order valence-electron chi connectivity index (χ0n) is 40.1. The first-order chi connectivity index (χ1) is 31.8. The number of fused-ring (bicyclic) bond motifs is 7. The summed E-state index contributed by atoms with van der Waals surface area (Å²) in [4.78, 5) is 15.0. The predicted molar refractivity (Wildman–Crippen MR) is 233 cm³/mol. The Morgan fingerprint density at radius 1 is 0.706 bits per heavy atom. The molecule has 68 heavy (non-hydrogen) atoms. The van der Waals surface area contributed by atoms with Crippen LogP contribution < -0.4 is 0 Å². The molecule has 3 aliphatic heterocycles. The summed E-state index contributed by atoms with van der Waals surface area (Å²) in [6, 6.07) is 0. The molecule has 3 saturated heterocycles. The van der Waals surface area contributed by atoms with Crippen molar-refractivity contribution in [2.24, 2.45) is 56.7 Å². The van der Waals surface area contributed by atoms with Gasteiger partial charge >= 0.3 is 5.97 Å². The monoisotopic (exact) mass is 975 g/mol. The summed E-state index contributed by atoms with van der Waals surface area (Å²) in [5.74, 6) is -1.31. The van der Waals surface area contributed by atoms with Gasteiger partial charge in [0.2, 0.25) is 6.29 Å². The predicted octanol–water partition coefficient (Wildman–Crippen LogP) is -2.06. The molecule has 13 N–H and O–H groups in total. The van der Waals surface area contributed by atoms with E-state index in [4.69, 9.17) is 28.4 Å². The summed E-state index contributed by atoms with van der Waals surface area (Å²) < 4.78 is 34.6. The number of aliphatic hydroxyl groups is 13. The Balaban J connectivity index is 0.994. The molecule has 8 rings (SSSR count).